The van der Waals surface area contributed by atoms with Crippen LogP contribution in [-0.4, -0.2) is 44.7 Å². The third kappa shape index (κ3) is 3.28. The van der Waals surface area contributed by atoms with Gasteiger partial charge in [-0.15, -0.1) is 0 Å². The number of rotatable bonds is 4. The average molecular weight is 282 g/mol. The lowest BCUT2D eigenvalue weighted by Gasteiger charge is -2.35. The minimum Gasteiger partial charge on any atom is -0.369 e. The van der Waals surface area contributed by atoms with Crippen LogP contribution in [0.5, 0.6) is 0 Å². The number of benzene rings is 1. The SMILES string of the molecule is CCc1ccc(N2CCN(S(=O)(=O)CC)CC2)cc1. The van der Waals surface area contributed by atoms with Crippen molar-refractivity contribution < 1.29 is 8.42 Å². The summed E-state index contributed by atoms with van der Waals surface area (Å²) >= 11 is 0. The van der Waals surface area contributed by atoms with E-state index < -0.39 is 10.0 Å². The van der Waals surface area contributed by atoms with Gasteiger partial charge in [-0.05, 0) is 31.0 Å². The molecular weight excluding hydrogens is 260 g/mol. The molecule has 0 spiro atoms. The minimum absolute atomic E-state index is 0.193. The van der Waals surface area contributed by atoms with Crippen LogP contribution >= 0.6 is 0 Å². The first-order valence-electron chi connectivity index (χ1n) is 6.88. The van der Waals surface area contributed by atoms with Crippen LogP contribution in [0.25, 0.3) is 0 Å². The summed E-state index contributed by atoms with van der Waals surface area (Å²) in [4.78, 5) is 2.25. The van der Waals surface area contributed by atoms with Crippen LogP contribution in [0.3, 0.4) is 0 Å². The van der Waals surface area contributed by atoms with E-state index in [9.17, 15) is 8.42 Å². The maximum atomic E-state index is 11.8. The van der Waals surface area contributed by atoms with Crippen molar-refractivity contribution in [2.24, 2.45) is 0 Å². The Bertz CT molecular complexity index is 503. The Labute approximate surface area is 116 Å². The topological polar surface area (TPSA) is 40.6 Å². The van der Waals surface area contributed by atoms with Gasteiger partial charge in [-0.25, -0.2) is 8.42 Å². The normalized spacial score (nSPS) is 17.7. The van der Waals surface area contributed by atoms with Crippen molar-refractivity contribution in [2.45, 2.75) is 20.3 Å². The molecule has 1 aromatic rings. The average Bonchev–Trinajstić information content (AvgIpc) is 2.47. The van der Waals surface area contributed by atoms with Gasteiger partial charge in [0.25, 0.3) is 0 Å². The number of aryl methyl sites for hydroxylation is 1. The summed E-state index contributed by atoms with van der Waals surface area (Å²) in [6.45, 7) is 6.56. The zero-order valence-corrected chi connectivity index (χ0v) is 12.5. The van der Waals surface area contributed by atoms with Gasteiger partial charge in [-0.1, -0.05) is 19.1 Å². The maximum absolute atomic E-state index is 11.8. The zero-order chi connectivity index (χ0) is 13.9. The van der Waals surface area contributed by atoms with Crippen molar-refractivity contribution in [3.63, 3.8) is 0 Å². The molecule has 1 aliphatic heterocycles. The van der Waals surface area contributed by atoms with E-state index in [1.165, 1.54) is 11.3 Å². The van der Waals surface area contributed by atoms with E-state index in [2.05, 4.69) is 36.1 Å². The second-order valence-electron chi connectivity index (χ2n) is 4.81. The van der Waals surface area contributed by atoms with Gasteiger partial charge in [0, 0.05) is 31.9 Å². The van der Waals surface area contributed by atoms with Crippen molar-refractivity contribution >= 4 is 15.7 Å². The van der Waals surface area contributed by atoms with Gasteiger partial charge in [0.05, 0.1) is 5.75 Å². The molecule has 0 aromatic heterocycles. The van der Waals surface area contributed by atoms with Crippen molar-refractivity contribution in [3.05, 3.63) is 29.8 Å². The predicted molar refractivity (Wildman–Crippen MR) is 79.1 cm³/mol. The summed E-state index contributed by atoms with van der Waals surface area (Å²) in [5, 5.41) is 0. The summed E-state index contributed by atoms with van der Waals surface area (Å²) in [6.07, 6.45) is 1.04. The number of anilines is 1. The van der Waals surface area contributed by atoms with Crippen molar-refractivity contribution in [1.82, 2.24) is 4.31 Å². The molecule has 0 unspecified atom stereocenters. The summed E-state index contributed by atoms with van der Waals surface area (Å²) in [5.74, 6) is 0.193. The van der Waals surface area contributed by atoms with Gasteiger partial charge in [0.1, 0.15) is 0 Å². The van der Waals surface area contributed by atoms with Gasteiger partial charge in [-0.2, -0.15) is 4.31 Å². The molecule has 0 saturated carbocycles. The van der Waals surface area contributed by atoms with E-state index in [1.807, 2.05) is 0 Å². The fourth-order valence-corrected chi connectivity index (χ4v) is 3.43. The first-order chi connectivity index (χ1) is 9.06. The highest BCUT2D eigenvalue weighted by Gasteiger charge is 2.25. The van der Waals surface area contributed by atoms with Crippen LogP contribution in [0.2, 0.25) is 0 Å². The Balaban J connectivity index is 1.99. The molecule has 19 heavy (non-hydrogen) atoms. The predicted octanol–water partition coefficient (Wildman–Crippen LogP) is 1.72. The van der Waals surface area contributed by atoms with Crippen LogP contribution < -0.4 is 4.90 Å². The number of hydrogen-bond donors (Lipinski definition) is 0. The lowest BCUT2D eigenvalue weighted by atomic mass is 10.1. The molecule has 1 aromatic carbocycles. The fourth-order valence-electron chi connectivity index (χ4n) is 2.35. The van der Waals surface area contributed by atoms with E-state index >= 15 is 0 Å². The quantitative estimate of drug-likeness (QED) is 0.844. The highest BCUT2D eigenvalue weighted by Crippen LogP contribution is 2.18. The Morgan fingerprint density at radius 2 is 1.58 bits per heavy atom. The molecule has 0 aliphatic carbocycles. The van der Waals surface area contributed by atoms with Crippen LogP contribution in [0.15, 0.2) is 24.3 Å². The highest BCUT2D eigenvalue weighted by atomic mass is 32.2. The molecule has 4 nitrogen and oxygen atoms in total. The minimum atomic E-state index is -3.03. The Kier molecular flexibility index (Phi) is 4.47. The van der Waals surface area contributed by atoms with Crippen LogP contribution in [0, 0.1) is 0 Å². The highest BCUT2D eigenvalue weighted by molar-refractivity contribution is 7.89. The third-order valence-corrected chi connectivity index (χ3v) is 5.59. The second kappa shape index (κ2) is 5.92. The monoisotopic (exact) mass is 282 g/mol. The van der Waals surface area contributed by atoms with E-state index in [1.54, 1.807) is 11.2 Å². The van der Waals surface area contributed by atoms with Crippen molar-refractivity contribution in [2.75, 3.05) is 36.8 Å². The van der Waals surface area contributed by atoms with E-state index in [0.29, 0.717) is 13.1 Å². The van der Waals surface area contributed by atoms with Crippen LogP contribution in [0.1, 0.15) is 19.4 Å². The first-order valence-corrected chi connectivity index (χ1v) is 8.49. The van der Waals surface area contributed by atoms with Crippen molar-refractivity contribution in [3.8, 4) is 0 Å². The van der Waals surface area contributed by atoms with E-state index in [0.717, 1.165) is 19.5 Å². The summed E-state index contributed by atoms with van der Waals surface area (Å²) in [6, 6.07) is 8.54. The Hall–Kier alpha value is -1.07. The van der Waals surface area contributed by atoms with Gasteiger partial charge in [0.15, 0.2) is 0 Å². The summed E-state index contributed by atoms with van der Waals surface area (Å²) in [7, 11) is -3.03. The second-order valence-corrected chi connectivity index (χ2v) is 7.06. The molecule has 106 valence electrons. The number of nitrogens with zero attached hydrogens (tertiary/aromatic N) is 2. The lowest BCUT2D eigenvalue weighted by Crippen LogP contribution is -2.49. The van der Waals surface area contributed by atoms with Crippen molar-refractivity contribution in [1.29, 1.82) is 0 Å². The molecule has 0 bridgehead atoms. The molecule has 1 aliphatic rings. The van der Waals surface area contributed by atoms with E-state index in [-0.39, 0.29) is 5.75 Å². The summed E-state index contributed by atoms with van der Waals surface area (Å²) in [5.41, 5.74) is 2.52. The molecule has 1 saturated heterocycles. The lowest BCUT2D eigenvalue weighted by molar-refractivity contribution is 0.385. The summed E-state index contributed by atoms with van der Waals surface area (Å²) < 4.78 is 25.2. The molecule has 5 heteroatoms. The maximum Gasteiger partial charge on any atom is 0.213 e. The smallest absolute Gasteiger partial charge is 0.213 e. The van der Waals surface area contributed by atoms with Gasteiger partial charge in [-0.3, -0.25) is 0 Å². The largest absolute Gasteiger partial charge is 0.369 e. The molecule has 0 amide bonds. The number of hydrogen-bond acceptors (Lipinski definition) is 3. The third-order valence-electron chi connectivity index (χ3n) is 3.71. The van der Waals surface area contributed by atoms with E-state index in [4.69, 9.17) is 0 Å². The first kappa shape index (κ1) is 14.3. The Morgan fingerprint density at radius 3 is 2.05 bits per heavy atom. The molecule has 2 rings (SSSR count). The van der Waals surface area contributed by atoms with Gasteiger partial charge in [0.2, 0.25) is 10.0 Å². The standard InChI is InChI=1S/C14H22N2O2S/c1-3-13-5-7-14(8-6-13)15-9-11-16(12-10-15)19(17,18)4-2/h5-8H,3-4,9-12H2,1-2H3. The molecule has 1 fully saturated rings. The molecule has 1 heterocycles. The molecular formula is C14H22N2O2S. The van der Waals surface area contributed by atoms with Gasteiger partial charge >= 0.3 is 0 Å². The zero-order valence-electron chi connectivity index (χ0n) is 11.7. The van der Waals surface area contributed by atoms with Gasteiger partial charge < -0.3 is 4.90 Å². The number of sulfonamides is 1. The fraction of sp³-hybridized carbons (Fsp3) is 0.571. The molecule has 0 radical (unpaired) electrons. The van der Waals surface area contributed by atoms with Crippen LogP contribution in [0.4, 0.5) is 5.69 Å². The number of piperazine rings is 1. The Morgan fingerprint density at radius 1 is 1.00 bits per heavy atom. The molecule has 0 N–H and O–H groups in total. The molecule has 0 atom stereocenters. The van der Waals surface area contributed by atoms with Crippen LogP contribution in [-0.2, 0) is 16.4 Å².